The van der Waals surface area contributed by atoms with Gasteiger partial charge >= 0.3 is 0 Å². The number of nitrogens with one attached hydrogen (secondary N) is 2. The standard InChI is InChI=1S/C33H40N2O8/c1-5-34-28(7-6-10-36)43-24-14-23(39-2)18-8-9-19-30-22(35-15-20(24)29(18)30)13-25-31(19)32(37)21(16-42-25)17-11-26(40-3)33(38)27(12-17)41-4/h11-14,21,28,32,34-38H,5-10,15-16H2,1-4H3. The summed E-state index contributed by atoms with van der Waals surface area (Å²) in [5.74, 6) is 2.25. The molecule has 0 saturated heterocycles. The summed E-state index contributed by atoms with van der Waals surface area (Å²) in [6.45, 7) is 3.71. The van der Waals surface area contributed by atoms with Crippen molar-refractivity contribution in [1.29, 1.82) is 0 Å². The Kier molecular flexibility index (Phi) is 8.17. The molecule has 0 spiro atoms. The summed E-state index contributed by atoms with van der Waals surface area (Å²) in [7, 11) is 4.65. The number of hydrogen-bond acceptors (Lipinski definition) is 10. The lowest BCUT2D eigenvalue weighted by Crippen LogP contribution is -2.35. The number of aliphatic hydroxyl groups excluding tert-OH is 2. The first-order valence-electron chi connectivity index (χ1n) is 14.9. The van der Waals surface area contributed by atoms with Gasteiger partial charge in [-0.1, -0.05) is 6.92 Å². The zero-order valence-corrected chi connectivity index (χ0v) is 25.1. The lowest BCUT2D eigenvalue weighted by atomic mass is 9.74. The van der Waals surface area contributed by atoms with Crippen molar-refractivity contribution in [2.45, 2.75) is 57.4 Å². The fourth-order valence-electron chi connectivity index (χ4n) is 6.76. The summed E-state index contributed by atoms with van der Waals surface area (Å²) in [5.41, 5.74) is 7.85. The first kappa shape index (κ1) is 29.2. The Labute approximate surface area is 251 Å². The Bertz CT molecular complexity index is 1500. The van der Waals surface area contributed by atoms with Crippen LogP contribution in [0.5, 0.6) is 34.5 Å². The van der Waals surface area contributed by atoms with Gasteiger partial charge in [0, 0.05) is 65.6 Å². The molecule has 3 aromatic rings. The Morgan fingerprint density at radius 3 is 2.35 bits per heavy atom. The molecule has 6 rings (SSSR count). The van der Waals surface area contributed by atoms with Crippen LogP contribution in [-0.2, 0) is 19.4 Å². The van der Waals surface area contributed by atoms with Crippen LogP contribution in [0.4, 0.5) is 5.69 Å². The van der Waals surface area contributed by atoms with Gasteiger partial charge in [0.25, 0.3) is 0 Å². The third-order valence-corrected chi connectivity index (χ3v) is 8.80. The van der Waals surface area contributed by atoms with Crippen LogP contribution in [0.2, 0.25) is 0 Å². The fraction of sp³-hybridized carbons (Fsp3) is 0.455. The molecule has 0 bridgehead atoms. The first-order valence-corrected chi connectivity index (χ1v) is 14.9. The van der Waals surface area contributed by atoms with E-state index in [0.717, 1.165) is 69.1 Å². The molecule has 2 heterocycles. The highest BCUT2D eigenvalue weighted by molar-refractivity contribution is 5.93. The van der Waals surface area contributed by atoms with Gasteiger partial charge in [-0.3, -0.25) is 5.32 Å². The van der Waals surface area contributed by atoms with Crippen molar-refractivity contribution in [3.8, 4) is 45.6 Å². The Balaban J connectivity index is 1.46. The Morgan fingerprint density at radius 2 is 1.67 bits per heavy atom. The molecule has 0 saturated carbocycles. The number of methoxy groups -OCH3 is 3. The van der Waals surface area contributed by atoms with E-state index in [1.807, 2.05) is 19.1 Å². The van der Waals surface area contributed by atoms with E-state index >= 15 is 0 Å². The highest BCUT2D eigenvalue weighted by Crippen LogP contribution is 2.56. The van der Waals surface area contributed by atoms with Gasteiger partial charge in [0.05, 0.1) is 34.0 Å². The highest BCUT2D eigenvalue weighted by atomic mass is 16.5. The molecule has 1 aliphatic carbocycles. The monoisotopic (exact) mass is 592 g/mol. The number of fused-ring (bicyclic) bond motifs is 2. The summed E-state index contributed by atoms with van der Waals surface area (Å²) in [6.07, 6.45) is 1.65. The maximum Gasteiger partial charge on any atom is 0.200 e. The zero-order valence-electron chi connectivity index (χ0n) is 25.1. The van der Waals surface area contributed by atoms with Crippen LogP contribution in [-0.4, -0.2) is 62.6 Å². The zero-order chi connectivity index (χ0) is 30.2. The van der Waals surface area contributed by atoms with Gasteiger partial charge < -0.3 is 44.3 Å². The molecule has 10 nitrogen and oxygen atoms in total. The molecule has 3 aliphatic rings. The van der Waals surface area contributed by atoms with E-state index in [-0.39, 0.29) is 36.7 Å². The molecule has 0 fully saturated rings. The van der Waals surface area contributed by atoms with Gasteiger partial charge in [-0.15, -0.1) is 0 Å². The summed E-state index contributed by atoms with van der Waals surface area (Å²) < 4.78 is 29.5. The summed E-state index contributed by atoms with van der Waals surface area (Å²) in [4.78, 5) is 0. The van der Waals surface area contributed by atoms with Gasteiger partial charge in [-0.05, 0) is 54.6 Å². The van der Waals surface area contributed by atoms with Crippen molar-refractivity contribution in [3.63, 3.8) is 0 Å². The molecule has 3 unspecified atom stereocenters. The average molecular weight is 593 g/mol. The number of rotatable bonds is 11. The number of phenolic OH excluding ortho intramolecular Hbond substituents is 1. The highest BCUT2D eigenvalue weighted by Gasteiger charge is 2.39. The summed E-state index contributed by atoms with van der Waals surface area (Å²) in [6, 6.07) is 7.43. The molecule has 43 heavy (non-hydrogen) atoms. The SMILES string of the molecule is CCNC(CCCO)Oc1cc(OC)c2c3c1CNc1cc4c(c(c1-3)CC2)C(O)C(c1cc(OC)c(O)c(OC)c1)CO4. The number of benzene rings is 3. The number of phenols is 1. The molecule has 230 valence electrons. The van der Waals surface area contributed by atoms with Gasteiger partial charge in [-0.2, -0.15) is 0 Å². The third-order valence-electron chi connectivity index (χ3n) is 8.80. The van der Waals surface area contributed by atoms with Crippen LogP contribution in [0, 0.1) is 0 Å². The van der Waals surface area contributed by atoms with Crippen LogP contribution < -0.4 is 34.3 Å². The molecule has 0 amide bonds. The molecular formula is C33H40N2O8. The van der Waals surface area contributed by atoms with Crippen molar-refractivity contribution >= 4 is 5.69 Å². The number of aliphatic hydroxyl groups is 2. The minimum atomic E-state index is -0.854. The molecule has 10 heteroatoms. The number of anilines is 1. The van der Waals surface area contributed by atoms with E-state index in [2.05, 4.69) is 10.6 Å². The molecular weight excluding hydrogens is 552 g/mol. The van der Waals surface area contributed by atoms with Crippen molar-refractivity contribution in [2.24, 2.45) is 0 Å². The second-order valence-corrected chi connectivity index (χ2v) is 11.1. The van der Waals surface area contributed by atoms with Crippen LogP contribution in [0.25, 0.3) is 11.1 Å². The quantitative estimate of drug-likeness (QED) is 0.204. The number of ether oxygens (including phenoxy) is 5. The maximum atomic E-state index is 11.9. The van der Waals surface area contributed by atoms with Crippen LogP contribution in [0.3, 0.4) is 0 Å². The molecule has 3 aromatic carbocycles. The fourth-order valence-corrected chi connectivity index (χ4v) is 6.76. The van der Waals surface area contributed by atoms with E-state index in [9.17, 15) is 15.3 Å². The molecule has 2 aliphatic heterocycles. The Morgan fingerprint density at radius 1 is 0.953 bits per heavy atom. The van der Waals surface area contributed by atoms with E-state index in [1.165, 1.54) is 14.2 Å². The predicted octanol–water partition coefficient (Wildman–Crippen LogP) is 4.41. The maximum absolute atomic E-state index is 11.9. The van der Waals surface area contributed by atoms with Crippen molar-refractivity contribution in [3.05, 3.63) is 52.1 Å². The predicted molar refractivity (Wildman–Crippen MR) is 162 cm³/mol. The van der Waals surface area contributed by atoms with Gasteiger partial charge in [-0.25, -0.2) is 0 Å². The molecule has 0 aromatic heterocycles. The van der Waals surface area contributed by atoms with Gasteiger partial charge in [0.1, 0.15) is 23.5 Å². The topological polar surface area (TPSA) is 131 Å². The molecule has 0 radical (unpaired) electrons. The summed E-state index contributed by atoms with van der Waals surface area (Å²) >= 11 is 0. The lowest BCUT2D eigenvalue weighted by molar-refractivity contribution is 0.0878. The van der Waals surface area contributed by atoms with E-state index in [1.54, 1.807) is 19.2 Å². The lowest BCUT2D eigenvalue weighted by Gasteiger charge is -2.38. The van der Waals surface area contributed by atoms with E-state index in [4.69, 9.17) is 23.7 Å². The van der Waals surface area contributed by atoms with Crippen LogP contribution >= 0.6 is 0 Å². The third kappa shape index (κ3) is 4.97. The Hall–Kier alpha value is -3.86. The molecule has 5 N–H and O–H groups in total. The minimum Gasteiger partial charge on any atom is -0.502 e. The number of hydrogen-bond donors (Lipinski definition) is 5. The minimum absolute atomic E-state index is 0.0838. The number of aromatic hydroxyl groups is 1. The normalized spacial score (nSPS) is 18.5. The van der Waals surface area contributed by atoms with Crippen LogP contribution in [0.15, 0.2) is 24.3 Å². The van der Waals surface area contributed by atoms with Crippen LogP contribution in [0.1, 0.15) is 59.6 Å². The second kappa shape index (κ2) is 12.0. The molecule has 3 atom stereocenters. The van der Waals surface area contributed by atoms with Gasteiger partial charge in [0.2, 0.25) is 5.75 Å². The van der Waals surface area contributed by atoms with Crippen molar-refractivity contribution < 1.29 is 39.0 Å². The van der Waals surface area contributed by atoms with E-state index in [0.29, 0.717) is 31.6 Å². The second-order valence-electron chi connectivity index (χ2n) is 11.1. The smallest absolute Gasteiger partial charge is 0.200 e. The average Bonchev–Trinajstić information content (AvgIpc) is 3.02. The summed E-state index contributed by atoms with van der Waals surface area (Å²) in [5, 5.41) is 38.8. The largest absolute Gasteiger partial charge is 0.502 e. The van der Waals surface area contributed by atoms with Crippen molar-refractivity contribution in [2.75, 3.05) is 46.4 Å². The first-order chi connectivity index (χ1) is 20.9. The van der Waals surface area contributed by atoms with Gasteiger partial charge in [0.15, 0.2) is 11.5 Å². The van der Waals surface area contributed by atoms with E-state index < -0.39 is 12.0 Å². The van der Waals surface area contributed by atoms with Crippen molar-refractivity contribution in [1.82, 2.24) is 5.32 Å².